The molecule has 0 amide bonds. The van der Waals surface area contributed by atoms with Crippen LogP contribution >= 0.6 is 11.6 Å². The molecule has 0 atom stereocenters. The number of hydrogen-bond donors (Lipinski definition) is 1. The van der Waals surface area contributed by atoms with Gasteiger partial charge in [0.25, 0.3) is 0 Å². The van der Waals surface area contributed by atoms with Crippen molar-refractivity contribution in [2.75, 3.05) is 6.54 Å². The lowest BCUT2D eigenvalue weighted by atomic mass is 10.2. The van der Waals surface area contributed by atoms with Gasteiger partial charge in [0.2, 0.25) is 0 Å². The Morgan fingerprint density at radius 2 is 1.88 bits per heavy atom. The lowest BCUT2D eigenvalue weighted by Gasteiger charge is -2.04. The molecule has 0 aliphatic rings. The third-order valence-corrected chi connectivity index (χ3v) is 2.65. The molecule has 0 unspecified atom stereocenters. The van der Waals surface area contributed by atoms with E-state index in [0.717, 1.165) is 24.8 Å². The highest BCUT2D eigenvalue weighted by Gasteiger charge is 2.03. The van der Waals surface area contributed by atoms with Gasteiger partial charge in [-0.15, -0.1) is 0 Å². The zero-order chi connectivity index (χ0) is 12.5. The van der Waals surface area contributed by atoms with Crippen molar-refractivity contribution < 1.29 is 9.53 Å². The Hall–Kier alpha value is -1.06. The predicted molar refractivity (Wildman–Crippen MR) is 68.8 cm³/mol. The van der Waals surface area contributed by atoms with Crippen molar-refractivity contribution in [2.24, 2.45) is 5.73 Å². The normalized spacial score (nSPS) is 10.2. The van der Waals surface area contributed by atoms with Crippen molar-refractivity contribution in [3.05, 3.63) is 34.9 Å². The maximum atomic E-state index is 11.4. The summed E-state index contributed by atoms with van der Waals surface area (Å²) in [5.41, 5.74) is 6.31. The van der Waals surface area contributed by atoms with E-state index in [0.29, 0.717) is 24.6 Å². The van der Waals surface area contributed by atoms with Gasteiger partial charge in [0.1, 0.15) is 6.61 Å². The minimum atomic E-state index is -0.156. The number of unbranched alkanes of at least 4 members (excludes halogenated alkanes) is 2. The van der Waals surface area contributed by atoms with Crippen LogP contribution in [0.25, 0.3) is 0 Å². The molecule has 0 fully saturated rings. The topological polar surface area (TPSA) is 52.3 Å². The van der Waals surface area contributed by atoms with Crippen LogP contribution in [0.1, 0.15) is 31.2 Å². The average Bonchev–Trinajstić information content (AvgIpc) is 2.34. The number of carbonyl (C=O) groups is 1. The third kappa shape index (κ3) is 6.29. The third-order valence-electron chi connectivity index (χ3n) is 2.40. The van der Waals surface area contributed by atoms with E-state index in [1.165, 1.54) is 0 Å². The molecule has 1 aromatic carbocycles. The molecule has 1 aromatic rings. The summed E-state index contributed by atoms with van der Waals surface area (Å²) in [5.74, 6) is -0.156. The molecule has 0 heterocycles. The molecule has 0 saturated carbocycles. The molecule has 94 valence electrons. The van der Waals surface area contributed by atoms with Crippen molar-refractivity contribution in [2.45, 2.75) is 32.3 Å². The molecule has 17 heavy (non-hydrogen) atoms. The number of hydrogen-bond acceptors (Lipinski definition) is 3. The Morgan fingerprint density at radius 3 is 2.53 bits per heavy atom. The van der Waals surface area contributed by atoms with E-state index in [1.807, 2.05) is 12.1 Å². The van der Waals surface area contributed by atoms with Crippen LogP contribution in [-0.4, -0.2) is 12.5 Å². The average molecular weight is 256 g/mol. The van der Waals surface area contributed by atoms with Gasteiger partial charge in [-0.25, -0.2) is 0 Å². The Balaban J connectivity index is 2.17. The van der Waals surface area contributed by atoms with E-state index in [4.69, 9.17) is 22.1 Å². The Morgan fingerprint density at radius 1 is 1.18 bits per heavy atom. The number of rotatable bonds is 7. The van der Waals surface area contributed by atoms with E-state index in [9.17, 15) is 4.79 Å². The van der Waals surface area contributed by atoms with Crippen LogP contribution in [0.2, 0.25) is 5.02 Å². The highest BCUT2D eigenvalue weighted by atomic mass is 35.5. The first kappa shape index (κ1) is 14.0. The van der Waals surface area contributed by atoms with Crippen LogP contribution in [0.5, 0.6) is 0 Å². The number of carbonyl (C=O) groups excluding carboxylic acids is 1. The molecule has 3 nitrogen and oxygen atoms in total. The molecule has 0 aromatic heterocycles. The highest BCUT2D eigenvalue weighted by molar-refractivity contribution is 6.30. The number of benzene rings is 1. The SMILES string of the molecule is NCCCCCC(=O)OCc1ccc(Cl)cc1. The minimum absolute atomic E-state index is 0.156. The predicted octanol–water partition coefficient (Wildman–Crippen LogP) is 2.90. The fourth-order valence-electron chi connectivity index (χ4n) is 1.41. The minimum Gasteiger partial charge on any atom is -0.461 e. The zero-order valence-electron chi connectivity index (χ0n) is 9.82. The molecule has 2 N–H and O–H groups in total. The van der Waals surface area contributed by atoms with Crippen molar-refractivity contribution in [1.82, 2.24) is 0 Å². The first-order valence-electron chi connectivity index (χ1n) is 5.82. The van der Waals surface area contributed by atoms with Gasteiger partial charge in [-0.2, -0.15) is 0 Å². The fourth-order valence-corrected chi connectivity index (χ4v) is 1.53. The van der Waals surface area contributed by atoms with Crippen molar-refractivity contribution in [3.8, 4) is 0 Å². The van der Waals surface area contributed by atoms with Crippen LogP contribution in [0.3, 0.4) is 0 Å². The summed E-state index contributed by atoms with van der Waals surface area (Å²) in [6.07, 6.45) is 3.25. The van der Waals surface area contributed by atoms with Crippen LogP contribution in [0, 0.1) is 0 Å². The largest absolute Gasteiger partial charge is 0.461 e. The van der Waals surface area contributed by atoms with Gasteiger partial charge in [0.05, 0.1) is 0 Å². The summed E-state index contributed by atoms with van der Waals surface area (Å²) in [7, 11) is 0. The van der Waals surface area contributed by atoms with Crippen molar-refractivity contribution in [3.63, 3.8) is 0 Å². The molecular weight excluding hydrogens is 238 g/mol. The van der Waals surface area contributed by atoms with Gasteiger partial charge >= 0.3 is 5.97 Å². The van der Waals surface area contributed by atoms with Gasteiger partial charge in [0.15, 0.2) is 0 Å². The van der Waals surface area contributed by atoms with Crippen molar-refractivity contribution in [1.29, 1.82) is 0 Å². The summed E-state index contributed by atoms with van der Waals surface area (Å²) >= 11 is 5.75. The maximum Gasteiger partial charge on any atom is 0.306 e. The molecule has 1 rings (SSSR count). The molecule has 0 radical (unpaired) electrons. The van der Waals surface area contributed by atoms with Crippen LogP contribution in [0.4, 0.5) is 0 Å². The lowest BCUT2D eigenvalue weighted by Crippen LogP contribution is -2.05. The monoisotopic (exact) mass is 255 g/mol. The van der Waals surface area contributed by atoms with Crippen LogP contribution < -0.4 is 5.73 Å². The first-order chi connectivity index (χ1) is 8.22. The van der Waals surface area contributed by atoms with E-state index < -0.39 is 0 Å². The molecule has 0 aliphatic carbocycles. The maximum absolute atomic E-state index is 11.4. The highest BCUT2D eigenvalue weighted by Crippen LogP contribution is 2.10. The van der Waals surface area contributed by atoms with Crippen LogP contribution in [-0.2, 0) is 16.1 Å². The second-order valence-corrected chi connectivity index (χ2v) is 4.32. The zero-order valence-corrected chi connectivity index (χ0v) is 10.6. The van der Waals surface area contributed by atoms with E-state index in [-0.39, 0.29) is 5.97 Å². The second-order valence-electron chi connectivity index (χ2n) is 3.89. The summed E-state index contributed by atoms with van der Waals surface area (Å²) in [6.45, 7) is 0.993. The first-order valence-corrected chi connectivity index (χ1v) is 6.20. The van der Waals surface area contributed by atoms with Gasteiger partial charge in [-0.05, 0) is 37.1 Å². The fraction of sp³-hybridized carbons (Fsp3) is 0.462. The smallest absolute Gasteiger partial charge is 0.306 e. The van der Waals surface area contributed by atoms with Gasteiger partial charge in [0, 0.05) is 11.4 Å². The lowest BCUT2D eigenvalue weighted by molar-refractivity contribution is -0.145. The molecule has 0 aliphatic heterocycles. The van der Waals surface area contributed by atoms with Gasteiger partial charge in [-0.1, -0.05) is 30.2 Å². The number of nitrogens with two attached hydrogens (primary N) is 1. The summed E-state index contributed by atoms with van der Waals surface area (Å²) in [5, 5.41) is 0.682. The second kappa shape index (κ2) is 8.09. The molecule has 0 saturated heterocycles. The number of esters is 1. The summed E-state index contributed by atoms with van der Waals surface area (Å²) < 4.78 is 5.13. The van der Waals surface area contributed by atoms with Gasteiger partial charge in [-0.3, -0.25) is 4.79 Å². The van der Waals surface area contributed by atoms with Crippen molar-refractivity contribution >= 4 is 17.6 Å². The molecule has 0 bridgehead atoms. The van der Waals surface area contributed by atoms with Gasteiger partial charge < -0.3 is 10.5 Å². The quantitative estimate of drug-likeness (QED) is 0.602. The van der Waals surface area contributed by atoms with E-state index >= 15 is 0 Å². The molecule has 0 spiro atoms. The summed E-state index contributed by atoms with van der Waals surface area (Å²) in [6, 6.07) is 7.27. The standard InChI is InChI=1S/C13H18ClNO2/c14-12-7-5-11(6-8-12)10-17-13(16)4-2-1-3-9-15/h5-8H,1-4,9-10,15H2. The molecular formula is C13H18ClNO2. The summed E-state index contributed by atoms with van der Waals surface area (Å²) in [4.78, 5) is 11.4. The Bertz CT molecular complexity index is 338. The Kier molecular flexibility index (Phi) is 6.67. The number of halogens is 1. The van der Waals surface area contributed by atoms with E-state index in [1.54, 1.807) is 12.1 Å². The van der Waals surface area contributed by atoms with E-state index in [2.05, 4.69) is 0 Å². The van der Waals surface area contributed by atoms with Crippen LogP contribution in [0.15, 0.2) is 24.3 Å². The molecule has 4 heteroatoms. The Labute approximate surface area is 107 Å². The number of ether oxygens (including phenoxy) is 1.